The summed E-state index contributed by atoms with van der Waals surface area (Å²) in [6, 6.07) is 5.25. The van der Waals surface area contributed by atoms with Crippen molar-refractivity contribution in [2.45, 2.75) is 18.9 Å². The Balaban J connectivity index is 1.85. The minimum absolute atomic E-state index is 0.192. The minimum atomic E-state index is -0.587. The van der Waals surface area contributed by atoms with Crippen molar-refractivity contribution >= 4 is 5.91 Å². The molecule has 0 bridgehead atoms. The van der Waals surface area contributed by atoms with Gasteiger partial charge in [-0.05, 0) is 56.1 Å². The van der Waals surface area contributed by atoms with Gasteiger partial charge in [-0.25, -0.2) is 4.39 Å². The maximum atomic E-state index is 13.0. The van der Waals surface area contributed by atoms with E-state index in [2.05, 4.69) is 10.2 Å². The van der Waals surface area contributed by atoms with Gasteiger partial charge in [0, 0.05) is 6.54 Å². The number of likely N-dealkylation sites (tertiary alicyclic amines) is 1. The van der Waals surface area contributed by atoms with Gasteiger partial charge in [-0.3, -0.25) is 4.79 Å². The van der Waals surface area contributed by atoms with Gasteiger partial charge in [0.2, 0.25) is 5.91 Å². The number of aliphatic hydroxyl groups excluding tert-OH is 1. The van der Waals surface area contributed by atoms with Crippen molar-refractivity contribution in [3.63, 3.8) is 0 Å². The summed E-state index contributed by atoms with van der Waals surface area (Å²) in [7, 11) is 0. The van der Waals surface area contributed by atoms with E-state index in [0.717, 1.165) is 32.5 Å². The fourth-order valence-electron chi connectivity index (χ4n) is 2.88. The zero-order valence-electron chi connectivity index (χ0n) is 12.7. The number of benzene rings is 1. The molecule has 0 spiro atoms. The second-order valence-corrected chi connectivity index (χ2v) is 5.80. The number of carbonyl (C=O) groups excluding carboxylic acids is 1. The summed E-state index contributed by atoms with van der Waals surface area (Å²) in [4.78, 5) is 13.9. The van der Waals surface area contributed by atoms with Gasteiger partial charge in [0.1, 0.15) is 11.9 Å². The van der Waals surface area contributed by atoms with Crippen LogP contribution in [-0.4, -0.2) is 48.7 Å². The number of rotatable bonds is 7. The molecule has 1 fully saturated rings. The molecule has 22 heavy (non-hydrogen) atoms. The molecule has 4 N–H and O–H groups in total. The number of halogens is 1. The summed E-state index contributed by atoms with van der Waals surface area (Å²) in [5.41, 5.74) is 6.14. The van der Waals surface area contributed by atoms with Gasteiger partial charge in [-0.1, -0.05) is 12.1 Å². The lowest BCUT2D eigenvalue weighted by Gasteiger charge is -2.32. The van der Waals surface area contributed by atoms with Crippen LogP contribution in [0.3, 0.4) is 0 Å². The number of nitrogens with zero attached hydrogens (tertiary/aromatic N) is 1. The van der Waals surface area contributed by atoms with Crippen molar-refractivity contribution in [2.75, 3.05) is 32.8 Å². The van der Waals surface area contributed by atoms with E-state index >= 15 is 0 Å². The largest absolute Gasteiger partial charge is 0.395 e. The Kier molecular flexibility index (Phi) is 6.30. The molecule has 1 amide bonds. The molecule has 1 heterocycles. The zero-order valence-corrected chi connectivity index (χ0v) is 12.7. The normalized spacial score (nSPS) is 18.3. The molecule has 1 saturated heterocycles. The van der Waals surface area contributed by atoms with E-state index in [1.807, 2.05) is 0 Å². The first-order valence-electron chi connectivity index (χ1n) is 7.71. The fraction of sp³-hybridized carbons (Fsp3) is 0.562. The molecule has 1 aliphatic rings. The number of aliphatic hydroxyl groups is 1. The lowest BCUT2D eigenvalue weighted by Crippen LogP contribution is -2.41. The number of amides is 1. The summed E-state index contributed by atoms with van der Waals surface area (Å²) < 4.78 is 13.0. The van der Waals surface area contributed by atoms with Crippen molar-refractivity contribution in [1.29, 1.82) is 0 Å². The van der Waals surface area contributed by atoms with Crippen LogP contribution in [0.25, 0.3) is 0 Å². The number of primary amides is 1. The standard InChI is InChI=1S/C16H24FN3O2/c17-14-3-1-13(2-4-14)15(16(18)22)19-11-12-5-7-20(8-6-12)9-10-21/h1-4,12,15,19,21H,5-11H2,(H2,18,22). The smallest absolute Gasteiger partial charge is 0.239 e. The highest BCUT2D eigenvalue weighted by atomic mass is 19.1. The maximum Gasteiger partial charge on any atom is 0.239 e. The Morgan fingerprint density at radius 1 is 1.36 bits per heavy atom. The monoisotopic (exact) mass is 309 g/mol. The zero-order chi connectivity index (χ0) is 15.9. The molecule has 0 saturated carbocycles. The van der Waals surface area contributed by atoms with Crippen LogP contribution in [0, 0.1) is 11.7 Å². The molecular weight excluding hydrogens is 285 g/mol. The molecule has 1 atom stereocenters. The van der Waals surface area contributed by atoms with Crippen LogP contribution in [0.1, 0.15) is 24.4 Å². The van der Waals surface area contributed by atoms with Gasteiger partial charge in [0.15, 0.2) is 0 Å². The van der Waals surface area contributed by atoms with Crippen LogP contribution in [0.15, 0.2) is 24.3 Å². The number of nitrogens with one attached hydrogen (secondary N) is 1. The molecule has 0 aliphatic carbocycles. The third-order valence-electron chi connectivity index (χ3n) is 4.22. The van der Waals surface area contributed by atoms with Crippen molar-refractivity contribution < 1.29 is 14.3 Å². The fourth-order valence-corrected chi connectivity index (χ4v) is 2.88. The Bertz CT molecular complexity index is 473. The number of carbonyl (C=O) groups is 1. The Morgan fingerprint density at radius 2 is 2.00 bits per heavy atom. The maximum absolute atomic E-state index is 13.0. The summed E-state index contributed by atoms with van der Waals surface area (Å²) in [6.45, 7) is 3.55. The van der Waals surface area contributed by atoms with E-state index in [1.165, 1.54) is 12.1 Å². The van der Waals surface area contributed by atoms with Crippen LogP contribution < -0.4 is 11.1 Å². The summed E-state index contributed by atoms with van der Waals surface area (Å²) in [6.07, 6.45) is 2.06. The molecule has 6 heteroatoms. The van der Waals surface area contributed by atoms with Gasteiger partial charge >= 0.3 is 0 Å². The van der Waals surface area contributed by atoms with Crippen LogP contribution in [0.2, 0.25) is 0 Å². The van der Waals surface area contributed by atoms with E-state index in [1.54, 1.807) is 12.1 Å². The van der Waals surface area contributed by atoms with Gasteiger partial charge in [-0.2, -0.15) is 0 Å². The van der Waals surface area contributed by atoms with Gasteiger partial charge in [-0.15, -0.1) is 0 Å². The molecular formula is C16H24FN3O2. The Morgan fingerprint density at radius 3 is 2.55 bits per heavy atom. The average molecular weight is 309 g/mol. The summed E-state index contributed by atoms with van der Waals surface area (Å²) in [5.74, 6) is -0.301. The van der Waals surface area contributed by atoms with Crippen molar-refractivity contribution in [3.05, 3.63) is 35.6 Å². The molecule has 122 valence electrons. The first-order valence-corrected chi connectivity index (χ1v) is 7.71. The second-order valence-electron chi connectivity index (χ2n) is 5.80. The summed E-state index contributed by atoms with van der Waals surface area (Å²) in [5, 5.41) is 12.1. The second kappa shape index (κ2) is 8.22. The van der Waals surface area contributed by atoms with Gasteiger partial charge < -0.3 is 21.1 Å². The van der Waals surface area contributed by atoms with Crippen molar-refractivity contribution in [2.24, 2.45) is 11.7 Å². The number of nitrogens with two attached hydrogens (primary N) is 1. The Hall–Kier alpha value is -1.50. The lowest BCUT2D eigenvalue weighted by atomic mass is 9.96. The number of hydrogen-bond donors (Lipinski definition) is 3. The highest BCUT2D eigenvalue weighted by Gasteiger charge is 2.22. The third kappa shape index (κ3) is 4.76. The van der Waals surface area contributed by atoms with Crippen LogP contribution >= 0.6 is 0 Å². The predicted molar refractivity (Wildman–Crippen MR) is 82.6 cm³/mol. The highest BCUT2D eigenvalue weighted by molar-refractivity contribution is 5.81. The van der Waals surface area contributed by atoms with Crippen LogP contribution in [0.5, 0.6) is 0 Å². The van der Waals surface area contributed by atoms with Crippen molar-refractivity contribution in [1.82, 2.24) is 10.2 Å². The molecule has 1 aliphatic heterocycles. The molecule has 1 unspecified atom stereocenters. The van der Waals surface area contributed by atoms with Gasteiger partial charge in [0.05, 0.1) is 6.61 Å². The van der Waals surface area contributed by atoms with Crippen LogP contribution in [-0.2, 0) is 4.79 Å². The quantitative estimate of drug-likeness (QED) is 0.691. The third-order valence-corrected chi connectivity index (χ3v) is 4.22. The van der Waals surface area contributed by atoms with E-state index < -0.39 is 11.9 Å². The number of β-amino-alcohol motifs (C(OH)–C–C–N with tert-alkyl or cyclic N) is 1. The lowest BCUT2D eigenvalue weighted by molar-refractivity contribution is -0.120. The van der Waals surface area contributed by atoms with E-state index in [9.17, 15) is 9.18 Å². The number of hydrogen-bond acceptors (Lipinski definition) is 4. The first kappa shape index (κ1) is 16.9. The van der Waals surface area contributed by atoms with E-state index in [-0.39, 0.29) is 12.4 Å². The van der Waals surface area contributed by atoms with E-state index in [0.29, 0.717) is 18.0 Å². The first-order chi connectivity index (χ1) is 10.6. The molecule has 0 aromatic heterocycles. The Labute approximate surface area is 130 Å². The molecule has 2 rings (SSSR count). The van der Waals surface area contributed by atoms with Crippen molar-refractivity contribution in [3.8, 4) is 0 Å². The summed E-state index contributed by atoms with van der Waals surface area (Å²) >= 11 is 0. The molecule has 1 aromatic carbocycles. The highest BCUT2D eigenvalue weighted by Crippen LogP contribution is 2.19. The molecule has 1 aromatic rings. The minimum Gasteiger partial charge on any atom is -0.395 e. The van der Waals surface area contributed by atoms with E-state index in [4.69, 9.17) is 10.8 Å². The predicted octanol–water partition coefficient (Wildman–Crippen LogP) is 0.646. The van der Waals surface area contributed by atoms with Gasteiger partial charge in [0.25, 0.3) is 0 Å². The van der Waals surface area contributed by atoms with Crippen LogP contribution in [0.4, 0.5) is 4.39 Å². The molecule has 5 nitrogen and oxygen atoms in total. The molecule has 0 radical (unpaired) electrons. The topological polar surface area (TPSA) is 78.6 Å². The SMILES string of the molecule is NC(=O)C(NCC1CCN(CCO)CC1)c1ccc(F)cc1. The average Bonchev–Trinajstić information content (AvgIpc) is 2.51. The number of piperidine rings is 1.